The second kappa shape index (κ2) is 10.9. The van der Waals surface area contributed by atoms with E-state index in [1.165, 1.54) is 30.5 Å². The van der Waals surface area contributed by atoms with E-state index in [0.717, 1.165) is 0 Å². The fraction of sp³-hybridized carbons (Fsp3) is 0.0870. The highest BCUT2D eigenvalue weighted by Gasteiger charge is 2.13. The summed E-state index contributed by atoms with van der Waals surface area (Å²) in [6.07, 6.45) is 1.39. The molecule has 3 rings (SSSR count). The third-order valence-corrected chi connectivity index (χ3v) is 4.52. The van der Waals surface area contributed by atoms with Crippen LogP contribution in [0, 0.1) is 10.1 Å². The van der Waals surface area contributed by atoms with E-state index >= 15 is 0 Å². The first-order valence-electron chi connectivity index (χ1n) is 9.70. The number of nitrogens with zero attached hydrogens (tertiary/aromatic N) is 2. The molecule has 9 nitrogen and oxygen atoms in total. The minimum Gasteiger partial charge on any atom is -0.490 e. The van der Waals surface area contributed by atoms with Crippen LogP contribution in [-0.4, -0.2) is 29.6 Å². The largest absolute Gasteiger partial charge is 0.490 e. The zero-order valence-corrected chi connectivity index (χ0v) is 18.1. The molecule has 0 saturated heterocycles. The number of carbonyl (C=O) groups is 2. The number of hydrogen-bond acceptors (Lipinski definition) is 7. The van der Waals surface area contributed by atoms with Crippen LogP contribution in [0.25, 0.3) is 0 Å². The maximum atomic E-state index is 12.4. The molecule has 0 bridgehead atoms. The number of hydrazone groups is 1. The Kier molecular flexibility index (Phi) is 7.72. The summed E-state index contributed by atoms with van der Waals surface area (Å²) in [6, 6.07) is 16.2. The molecule has 0 aliphatic heterocycles. The van der Waals surface area contributed by atoms with E-state index in [0.29, 0.717) is 28.5 Å². The van der Waals surface area contributed by atoms with Crippen molar-refractivity contribution in [3.8, 4) is 11.5 Å². The monoisotopic (exact) mass is 467 g/mol. The van der Waals surface area contributed by atoms with Gasteiger partial charge in [0.25, 0.3) is 11.6 Å². The van der Waals surface area contributed by atoms with Crippen LogP contribution in [0.15, 0.2) is 71.8 Å². The first kappa shape index (κ1) is 23.4. The minimum atomic E-state index is -0.565. The Hall–Kier alpha value is -4.24. The van der Waals surface area contributed by atoms with Gasteiger partial charge in [-0.1, -0.05) is 11.6 Å². The van der Waals surface area contributed by atoms with Gasteiger partial charge in [0.15, 0.2) is 11.5 Å². The lowest BCUT2D eigenvalue weighted by atomic mass is 10.2. The molecule has 0 aromatic heterocycles. The van der Waals surface area contributed by atoms with Gasteiger partial charge in [-0.2, -0.15) is 5.10 Å². The standard InChI is InChI=1S/C23H18ClN3O6/c1-2-32-21-13-15(3-12-20(21)33-23(29)17-4-8-18(24)9-5-17)14-25-26-22(28)16-6-10-19(11-7-16)27(30)31/h3-14H,2H2,1H3,(H,26,28)/b25-14+. The highest BCUT2D eigenvalue weighted by Crippen LogP contribution is 2.29. The van der Waals surface area contributed by atoms with Crippen molar-refractivity contribution in [3.05, 3.63) is 98.6 Å². The number of esters is 1. The third kappa shape index (κ3) is 6.37. The molecule has 0 radical (unpaired) electrons. The molecular formula is C23H18ClN3O6. The molecular weight excluding hydrogens is 450 g/mol. The zero-order chi connectivity index (χ0) is 23.8. The van der Waals surface area contributed by atoms with E-state index < -0.39 is 16.8 Å². The lowest BCUT2D eigenvalue weighted by molar-refractivity contribution is -0.384. The molecule has 0 fully saturated rings. The van der Waals surface area contributed by atoms with Crippen LogP contribution in [0.2, 0.25) is 5.02 Å². The van der Waals surface area contributed by atoms with Crippen molar-refractivity contribution in [2.24, 2.45) is 5.10 Å². The Morgan fingerprint density at radius 3 is 2.33 bits per heavy atom. The van der Waals surface area contributed by atoms with E-state index in [2.05, 4.69) is 10.5 Å². The Balaban J connectivity index is 1.68. The van der Waals surface area contributed by atoms with Crippen molar-refractivity contribution >= 4 is 35.4 Å². The molecule has 0 atom stereocenters. The van der Waals surface area contributed by atoms with Crippen molar-refractivity contribution in [1.82, 2.24) is 5.43 Å². The van der Waals surface area contributed by atoms with Crippen LogP contribution in [0.5, 0.6) is 11.5 Å². The van der Waals surface area contributed by atoms with Crippen molar-refractivity contribution in [2.75, 3.05) is 6.61 Å². The molecule has 3 aromatic rings. The van der Waals surface area contributed by atoms with Gasteiger partial charge < -0.3 is 9.47 Å². The van der Waals surface area contributed by atoms with Gasteiger partial charge in [-0.3, -0.25) is 14.9 Å². The van der Waals surface area contributed by atoms with Gasteiger partial charge in [0.1, 0.15) is 0 Å². The third-order valence-electron chi connectivity index (χ3n) is 4.27. The van der Waals surface area contributed by atoms with Crippen LogP contribution in [0.4, 0.5) is 5.69 Å². The minimum absolute atomic E-state index is 0.115. The number of benzene rings is 3. The Bertz CT molecular complexity index is 1190. The normalized spacial score (nSPS) is 10.6. The van der Waals surface area contributed by atoms with Crippen molar-refractivity contribution in [3.63, 3.8) is 0 Å². The maximum absolute atomic E-state index is 12.4. The molecule has 0 saturated carbocycles. The van der Waals surface area contributed by atoms with Gasteiger partial charge in [-0.15, -0.1) is 0 Å². The van der Waals surface area contributed by atoms with Crippen molar-refractivity contribution < 1.29 is 24.0 Å². The number of hydrogen-bond donors (Lipinski definition) is 1. The van der Waals surface area contributed by atoms with E-state index in [4.69, 9.17) is 21.1 Å². The molecule has 0 aliphatic carbocycles. The summed E-state index contributed by atoms with van der Waals surface area (Å²) < 4.78 is 11.0. The summed E-state index contributed by atoms with van der Waals surface area (Å²) in [6.45, 7) is 2.12. The molecule has 3 aromatic carbocycles. The topological polar surface area (TPSA) is 120 Å². The second-order valence-corrected chi connectivity index (χ2v) is 6.98. The van der Waals surface area contributed by atoms with Gasteiger partial charge in [0, 0.05) is 22.7 Å². The SMILES string of the molecule is CCOc1cc(/C=N/NC(=O)c2ccc([N+](=O)[O-])cc2)ccc1OC(=O)c1ccc(Cl)cc1. The van der Waals surface area contributed by atoms with Crippen molar-refractivity contribution in [1.29, 1.82) is 0 Å². The highest BCUT2D eigenvalue weighted by atomic mass is 35.5. The highest BCUT2D eigenvalue weighted by molar-refractivity contribution is 6.30. The predicted molar refractivity (Wildman–Crippen MR) is 122 cm³/mol. The molecule has 0 aliphatic rings. The summed E-state index contributed by atoms with van der Waals surface area (Å²) >= 11 is 5.84. The number of carbonyl (C=O) groups excluding carboxylic acids is 2. The lowest BCUT2D eigenvalue weighted by Gasteiger charge is -2.11. The molecule has 0 unspecified atom stereocenters. The number of nitro benzene ring substituents is 1. The molecule has 1 N–H and O–H groups in total. The molecule has 10 heteroatoms. The van der Waals surface area contributed by atoms with E-state index in [9.17, 15) is 19.7 Å². The Labute approximate surface area is 193 Å². The molecule has 168 valence electrons. The smallest absolute Gasteiger partial charge is 0.343 e. The zero-order valence-electron chi connectivity index (χ0n) is 17.4. The molecule has 0 spiro atoms. The van der Waals surface area contributed by atoms with Gasteiger partial charge in [0.2, 0.25) is 0 Å². The quantitative estimate of drug-likeness (QED) is 0.169. The van der Waals surface area contributed by atoms with Gasteiger partial charge in [0.05, 0.1) is 23.3 Å². The van der Waals surface area contributed by atoms with Gasteiger partial charge in [-0.05, 0) is 67.1 Å². The van der Waals surface area contributed by atoms with Crippen LogP contribution in [-0.2, 0) is 0 Å². The van der Waals surface area contributed by atoms with Crippen LogP contribution >= 0.6 is 11.6 Å². The number of non-ortho nitro benzene ring substituents is 1. The van der Waals surface area contributed by atoms with Crippen LogP contribution < -0.4 is 14.9 Å². The predicted octanol–water partition coefficient (Wildman–Crippen LogP) is 4.63. The van der Waals surface area contributed by atoms with Gasteiger partial charge in [-0.25, -0.2) is 10.2 Å². The summed E-state index contributed by atoms with van der Waals surface area (Å²) in [5.41, 5.74) is 3.36. The number of halogens is 1. The molecule has 1 amide bonds. The summed E-state index contributed by atoms with van der Waals surface area (Å²) in [7, 11) is 0. The lowest BCUT2D eigenvalue weighted by Crippen LogP contribution is -2.17. The van der Waals surface area contributed by atoms with E-state index in [-0.39, 0.29) is 17.0 Å². The fourth-order valence-corrected chi connectivity index (χ4v) is 2.79. The number of nitrogens with one attached hydrogen (secondary N) is 1. The summed E-state index contributed by atoms with van der Waals surface area (Å²) in [5.74, 6) is -0.543. The number of amides is 1. The average molecular weight is 468 g/mol. The number of ether oxygens (including phenoxy) is 2. The van der Waals surface area contributed by atoms with E-state index in [1.807, 2.05) is 0 Å². The Morgan fingerprint density at radius 2 is 1.70 bits per heavy atom. The summed E-state index contributed by atoms with van der Waals surface area (Å²) in [5, 5.41) is 15.1. The maximum Gasteiger partial charge on any atom is 0.343 e. The molecule has 0 heterocycles. The van der Waals surface area contributed by atoms with Gasteiger partial charge >= 0.3 is 5.97 Å². The first-order valence-corrected chi connectivity index (χ1v) is 10.1. The Morgan fingerprint density at radius 1 is 1.03 bits per heavy atom. The van der Waals surface area contributed by atoms with Crippen LogP contribution in [0.1, 0.15) is 33.2 Å². The average Bonchev–Trinajstić information content (AvgIpc) is 2.81. The first-order chi connectivity index (χ1) is 15.9. The van der Waals surface area contributed by atoms with E-state index in [1.54, 1.807) is 49.4 Å². The number of nitro groups is 1. The molecule has 33 heavy (non-hydrogen) atoms. The second-order valence-electron chi connectivity index (χ2n) is 6.54. The number of rotatable bonds is 8. The van der Waals surface area contributed by atoms with Crippen LogP contribution in [0.3, 0.4) is 0 Å². The summed E-state index contributed by atoms with van der Waals surface area (Å²) in [4.78, 5) is 34.6. The fourth-order valence-electron chi connectivity index (χ4n) is 2.67. The van der Waals surface area contributed by atoms with Crippen molar-refractivity contribution in [2.45, 2.75) is 6.92 Å².